The Balaban J connectivity index is 1.86. The lowest BCUT2D eigenvalue weighted by Gasteiger charge is -2.41. The van der Waals surface area contributed by atoms with E-state index in [0.29, 0.717) is 25.4 Å². The van der Waals surface area contributed by atoms with Crippen LogP contribution in [0.5, 0.6) is 0 Å². The molecule has 0 amide bonds. The van der Waals surface area contributed by atoms with Crippen molar-refractivity contribution in [3.05, 3.63) is 0 Å². The van der Waals surface area contributed by atoms with Crippen LogP contribution in [0.25, 0.3) is 0 Å². The molecule has 174 valence electrons. The molecule has 3 aliphatic rings. The maximum Gasteiger partial charge on any atom is 0.192 e. The molecule has 30 heavy (non-hydrogen) atoms. The first-order valence-corrected chi connectivity index (χ1v) is 14.7. The van der Waals surface area contributed by atoms with Crippen molar-refractivity contribution in [1.82, 2.24) is 0 Å². The van der Waals surface area contributed by atoms with Crippen molar-refractivity contribution < 1.29 is 23.4 Å². The SMILES string of the molecule is C[C@H]1CC(=O)[C@@H]2[C@H](C[C@@H]1O[Si](C)(C)C(C)(C)C)C[C@H](C1OCCO1)[C@H]2OC(C)(C)C. The van der Waals surface area contributed by atoms with Crippen molar-refractivity contribution in [2.45, 2.75) is 110 Å². The molecule has 6 heteroatoms. The van der Waals surface area contributed by atoms with Crippen LogP contribution in [0.3, 0.4) is 0 Å². The quantitative estimate of drug-likeness (QED) is 0.564. The zero-order valence-electron chi connectivity index (χ0n) is 20.6. The van der Waals surface area contributed by atoms with E-state index in [1.165, 1.54) is 0 Å². The van der Waals surface area contributed by atoms with Crippen LogP contribution in [0.2, 0.25) is 18.1 Å². The minimum absolute atomic E-state index is 0.0857. The van der Waals surface area contributed by atoms with E-state index in [9.17, 15) is 4.79 Å². The Hall–Kier alpha value is -0.273. The van der Waals surface area contributed by atoms with Crippen molar-refractivity contribution in [2.24, 2.45) is 23.7 Å². The lowest BCUT2D eigenvalue weighted by atomic mass is 9.88. The van der Waals surface area contributed by atoms with Gasteiger partial charge in [-0.15, -0.1) is 0 Å². The average molecular weight is 441 g/mol. The Morgan fingerprint density at radius 1 is 1.00 bits per heavy atom. The number of ether oxygens (including phenoxy) is 3. The number of carbonyl (C=O) groups is 1. The fourth-order valence-corrected chi connectivity index (χ4v) is 6.59. The van der Waals surface area contributed by atoms with Gasteiger partial charge in [0, 0.05) is 24.4 Å². The van der Waals surface area contributed by atoms with Gasteiger partial charge in [0.05, 0.1) is 24.9 Å². The number of fused-ring (bicyclic) bond motifs is 1. The summed E-state index contributed by atoms with van der Waals surface area (Å²) in [7, 11) is -1.91. The van der Waals surface area contributed by atoms with E-state index in [2.05, 4.69) is 61.6 Å². The molecule has 0 spiro atoms. The number of Topliss-reactive ketones (excluding diaryl/α,β-unsaturated/α-hetero) is 1. The highest BCUT2D eigenvalue weighted by molar-refractivity contribution is 6.74. The molecule has 0 aromatic carbocycles. The number of hydrogen-bond acceptors (Lipinski definition) is 5. The Bertz CT molecular complexity index is 614. The van der Waals surface area contributed by atoms with Gasteiger partial charge in [0.2, 0.25) is 0 Å². The molecule has 0 unspecified atom stereocenters. The largest absolute Gasteiger partial charge is 0.414 e. The number of ketones is 1. The summed E-state index contributed by atoms with van der Waals surface area (Å²) < 4.78 is 25.2. The molecular formula is C24H44O5Si. The molecule has 5 nitrogen and oxygen atoms in total. The van der Waals surface area contributed by atoms with Gasteiger partial charge in [-0.25, -0.2) is 0 Å². The molecule has 0 aromatic heterocycles. The van der Waals surface area contributed by atoms with E-state index < -0.39 is 8.32 Å². The lowest BCUT2D eigenvalue weighted by Crippen LogP contribution is -2.45. The number of carbonyl (C=O) groups excluding carboxylic acids is 1. The van der Waals surface area contributed by atoms with Crippen LogP contribution in [0.4, 0.5) is 0 Å². The summed E-state index contributed by atoms with van der Waals surface area (Å²) in [6.07, 6.45) is 2.13. The molecule has 1 heterocycles. The summed E-state index contributed by atoms with van der Waals surface area (Å²) in [4.78, 5) is 13.5. The molecule has 3 rings (SSSR count). The zero-order chi connectivity index (χ0) is 22.5. The van der Waals surface area contributed by atoms with Crippen molar-refractivity contribution in [1.29, 1.82) is 0 Å². The van der Waals surface area contributed by atoms with E-state index in [0.717, 1.165) is 12.8 Å². The third-order valence-electron chi connectivity index (χ3n) is 7.66. The van der Waals surface area contributed by atoms with Gasteiger partial charge >= 0.3 is 0 Å². The second-order valence-corrected chi connectivity index (χ2v) is 17.0. The molecule has 1 saturated heterocycles. The van der Waals surface area contributed by atoms with Crippen LogP contribution in [-0.4, -0.2) is 51.4 Å². The molecule has 0 bridgehead atoms. The predicted octanol–water partition coefficient (Wildman–Crippen LogP) is 5.18. The molecule has 0 aromatic rings. The Labute approximate surface area is 184 Å². The van der Waals surface area contributed by atoms with E-state index in [1.807, 2.05) is 0 Å². The van der Waals surface area contributed by atoms with Crippen LogP contribution < -0.4 is 0 Å². The van der Waals surface area contributed by atoms with E-state index >= 15 is 0 Å². The second-order valence-electron chi connectivity index (χ2n) is 12.3. The van der Waals surface area contributed by atoms with Crippen LogP contribution in [-0.2, 0) is 23.4 Å². The first-order chi connectivity index (χ1) is 13.7. The standard InChI is InChI=1S/C24H44O5Si/c1-15-12-18(25)20-16(14-19(15)29-30(8,9)24(5,6)7)13-17(22-26-10-11-27-22)21(20)28-23(2,3)4/h15-17,19-22H,10-14H2,1-9H3/t15-,16-,17-,19-,20-,21+/m0/s1. The van der Waals surface area contributed by atoms with Crippen LogP contribution in [0.1, 0.15) is 67.7 Å². The predicted molar refractivity (Wildman–Crippen MR) is 121 cm³/mol. The van der Waals surface area contributed by atoms with E-state index in [4.69, 9.17) is 18.6 Å². The molecule has 6 atom stereocenters. The molecule has 0 N–H and O–H groups in total. The summed E-state index contributed by atoms with van der Waals surface area (Å²) in [6, 6.07) is 0. The van der Waals surface area contributed by atoms with Gasteiger partial charge in [-0.2, -0.15) is 0 Å². The maximum absolute atomic E-state index is 13.5. The molecule has 2 saturated carbocycles. The summed E-state index contributed by atoms with van der Waals surface area (Å²) in [5, 5.41) is 0.157. The molecule has 0 radical (unpaired) electrons. The zero-order valence-corrected chi connectivity index (χ0v) is 21.6. The fraction of sp³-hybridized carbons (Fsp3) is 0.958. The third-order valence-corrected chi connectivity index (χ3v) is 12.2. The second kappa shape index (κ2) is 8.58. The smallest absolute Gasteiger partial charge is 0.192 e. The minimum atomic E-state index is -1.91. The highest BCUT2D eigenvalue weighted by Crippen LogP contribution is 2.50. The van der Waals surface area contributed by atoms with Crippen molar-refractivity contribution in [3.63, 3.8) is 0 Å². The fourth-order valence-electron chi connectivity index (χ4n) is 5.15. The highest BCUT2D eigenvalue weighted by atomic mass is 28.4. The van der Waals surface area contributed by atoms with Gasteiger partial charge < -0.3 is 18.6 Å². The first-order valence-electron chi connectivity index (χ1n) is 11.8. The summed E-state index contributed by atoms with van der Waals surface area (Å²) in [5.41, 5.74) is -0.314. The van der Waals surface area contributed by atoms with Crippen molar-refractivity contribution in [3.8, 4) is 0 Å². The van der Waals surface area contributed by atoms with Crippen LogP contribution in [0.15, 0.2) is 0 Å². The molecular weight excluding hydrogens is 396 g/mol. The van der Waals surface area contributed by atoms with Crippen LogP contribution >= 0.6 is 0 Å². The average Bonchev–Trinajstić information content (AvgIpc) is 3.17. The Morgan fingerprint density at radius 2 is 1.60 bits per heavy atom. The summed E-state index contributed by atoms with van der Waals surface area (Å²) >= 11 is 0. The van der Waals surface area contributed by atoms with Gasteiger partial charge in [-0.3, -0.25) is 4.79 Å². The summed E-state index contributed by atoms with van der Waals surface area (Å²) in [6.45, 7) is 21.1. The van der Waals surface area contributed by atoms with Crippen molar-refractivity contribution >= 4 is 14.1 Å². The van der Waals surface area contributed by atoms with Crippen LogP contribution in [0, 0.1) is 23.7 Å². The Morgan fingerprint density at radius 3 is 2.13 bits per heavy atom. The normalized spacial score (nSPS) is 36.8. The number of rotatable bonds is 4. The van der Waals surface area contributed by atoms with Crippen molar-refractivity contribution in [2.75, 3.05) is 13.2 Å². The van der Waals surface area contributed by atoms with E-state index in [1.54, 1.807) is 0 Å². The Kier molecular flexibility index (Phi) is 6.97. The molecule has 2 aliphatic carbocycles. The topological polar surface area (TPSA) is 54.0 Å². The minimum Gasteiger partial charge on any atom is -0.414 e. The summed E-state index contributed by atoms with van der Waals surface area (Å²) in [5.74, 6) is 0.862. The first kappa shape index (κ1) is 24.4. The van der Waals surface area contributed by atoms with Gasteiger partial charge in [0.25, 0.3) is 0 Å². The third kappa shape index (κ3) is 5.20. The monoisotopic (exact) mass is 440 g/mol. The maximum atomic E-state index is 13.5. The molecule has 3 fully saturated rings. The van der Waals surface area contributed by atoms with E-state index in [-0.39, 0.29) is 52.8 Å². The number of hydrogen-bond donors (Lipinski definition) is 0. The molecule has 1 aliphatic heterocycles. The van der Waals surface area contributed by atoms with Gasteiger partial charge in [0.1, 0.15) is 5.78 Å². The van der Waals surface area contributed by atoms with Gasteiger partial charge in [-0.1, -0.05) is 27.7 Å². The lowest BCUT2D eigenvalue weighted by molar-refractivity contribution is -0.163. The highest BCUT2D eigenvalue weighted by Gasteiger charge is 2.55. The van der Waals surface area contributed by atoms with Gasteiger partial charge in [0.15, 0.2) is 14.6 Å². The van der Waals surface area contributed by atoms with Gasteiger partial charge in [-0.05, 0) is 63.6 Å².